The molecule has 2 aliphatic heterocycles. The van der Waals surface area contributed by atoms with E-state index >= 15 is 0 Å². The summed E-state index contributed by atoms with van der Waals surface area (Å²) in [7, 11) is 0. The van der Waals surface area contributed by atoms with Crippen molar-refractivity contribution in [2.45, 2.75) is 77.1 Å². The minimum atomic E-state index is -4.91. The number of aromatic nitrogens is 2. The number of rotatable bonds is 6. The van der Waals surface area contributed by atoms with Gasteiger partial charge in [-0.05, 0) is 45.2 Å². The molecule has 3 amide bonds. The molecule has 1 N–H and O–H groups in total. The van der Waals surface area contributed by atoms with Crippen LogP contribution in [0.25, 0.3) is 0 Å². The first-order valence-corrected chi connectivity index (χ1v) is 13.4. The first-order valence-electron chi connectivity index (χ1n) is 13.4. The minimum Gasteiger partial charge on any atom is -0.444 e. The van der Waals surface area contributed by atoms with Crippen molar-refractivity contribution >= 4 is 17.9 Å². The predicted octanol–water partition coefficient (Wildman–Crippen LogP) is 4.37. The van der Waals surface area contributed by atoms with Gasteiger partial charge in [0.1, 0.15) is 17.6 Å². The van der Waals surface area contributed by atoms with Gasteiger partial charge >= 0.3 is 12.3 Å². The van der Waals surface area contributed by atoms with Crippen LogP contribution in [0.4, 0.5) is 35.5 Å². The van der Waals surface area contributed by atoms with E-state index in [1.54, 1.807) is 20.8 Å². The number of imidazole rings is 1. The van der Waals surface area contributed by atoms with Gasteiger partial charge in [-0.25, -0.2) is 27.3 Å². The highest BCUT2D eigenvalue weighted by atomic mass is 19.4. The van der Waals surface area contributed by atoms with Crippen LogP contribution in [0.1, 0.15) is 61.2 Å². The van der Waals surface area contributed by atoms with Gasteiger partial charge in [0.2, 0.25) is 11.7 Å². The van der Waals surface area contributed by atoms with Crippen LogP contribution in [-0.4, -0.2) is 74.7 Å². The van der Waals surface area contributed by atoms with E-state index in [-0.39, 0.29) is 43.9 Å². The van der Waals surface area contributed by atoms with E-state index in [1.807, 2.05) is 0 Å². The Morgan fingerprint density at radius 3 is 2.30 bits per heavy atom. The average Bonchev–Trinajstić information content (AvgIpc) is 3.49. The number of carbonyl (C=O) groups excluding carboxylic acids is 3. The van der Waals surface area contributed by atoms with Crippen molar-refractivity contribution in [3.8, 4) is 0 Å². The smallest absolute Gasteiger partial charge is 0.444 e. The number of amides is 3. The lowest BCUT2D eigenvalue weighted by molar-refractivity contribution is -0.148. The second-order valence-corrected chi connectivity index (χ2v) is 11.4. The number of nitrogens with one attached hydrogen (secondary N) is 1. The Morgan fingerprint density at radius 2 is 1.70 bits per heavy atom. The first-order chi connectivity index (χ1) is 19.9. The van der Waals surface area contributed by atoms with Gasteiger partial charge < -0.3 is 24.4 Å². The zero-order valence-corrected chi connectivity index (χ0v) is 23.5. The zero-order chi connectivity index (χ0) is 31.9. The number of benzene rings is 1. The van der Waals surface area contributed by atoms with Gasteiger partial charge in [-0.15, -0.1) is 0 Å². The number of alkyl halides is 4. The Kier molecular flexibility index (Phi) is 8.97. The summed E-state index contributed by atoms with van der Waals surface area (Å²) in [6.45, 7) is 3.35. The lowest BCUT2D eigenvalue weighted by Crippen LogP contribution is -2.46. The van der Waals surface area contributed by atoms with Gasteiger partial charge in [0, 0.05) is 38.2 Å². The highest BCUT2D eigenvalue weighted by Crippen LogP contribution is 2.33. The van der Waals surface area contributed by atoms with Gasteiger partial charge in [-0.1, -0.05) is 0 Å². The fourth-order valence-electron chi connectivity index (χ4n) is 4.99. The van der Waals surface area contributed by atoms with E-state index < -0.39 is 90.3 Å². The van der Waals surface area contributed by atoms with Crippen LogP contribution in [0.15, 0.2) is 12.1 Å². The van der Waals surface area contributed by atoms with Crippen LogP contribution in [0.5, 0.6) is 0 Å². The molecule has 1 aromatic heterocycles. The molecular weight excluding hydrogens is 591 g/mol. The third-order valence-electron chi connectivity index (χ3n) is 6.93. The third-order valence-corrected chi connectivity index (χ3v) is 6.93. The molecule has 0 bridgehead atoms. The molecule has 1 aromatic carbocycles. The normalized spacial score (nSPS) is 18.0. The largest absolute Gasteiger partial charge is 0.449 e. The Bertz CT molecular complexity index is 1410. The van der Waals surface area contributed by atoms with Crippen molar-refractivity contribution in [1.82, 2.24) is 24.7 Å². The fourth-order valence-corrected chi connectivity index (χ4v) is 4.99. The molecule has 0 radical (unpaired) electrons. The highest BCUT2D eigenvalue weighted by Gasteiger charge is 2.43. The van der Waals surface area contributed by atoms with Crippen LogP contribution in [0.2, 0.25) is 0 Å². The molecule has 0 spiro atoms. The summed E-state index contributed by atoms with van der Waals surface area (Å²) in [5.74, 6) is -6.83. The van der Waals surface area contributed by atoms with Crippen molar-refractivity contribution in [3.05, 3.63) is 52.4 Å². The first kappa shape index (κ1) is 32.1. The standard InChI is InChI=1S/C27H30F7N5O4/c1-26(2,3)43-25(42)35-16(8-14-9-18(30)19(31)11-17(14)29)10-21(40)37-6-7-39-20(13-37)22(36-24(39)27(32,33)34)23(41)38-5-4-15(28)12-38/h9,11,15-16H,4-8,10,12-13H2,1-3H3,(H,35,42)/t15-,16?/m1/s1. The van der Waals surface area contributed by atoms with E-state index in [0.29, 0.717) is 12.1 Å². The predicted molar refractivity (Wildman–Crippen MR) is 136 cm³/mol. The topological polar surface area (TPSA) is 96.8 Å². The van der Waals surface area contributed by atoms with Crippen molar-refractivity contribution < 1.29 is 49.9 Å². The van der Waals surface area contributed by atoms with E-state index in [4.69, 9.17) is 4.74 Å². The lowest BCUT2D eigenvalue weighted by atomic mass is 10.0. The molecule has 1 saturated heterocycles. The number of likely N-dealkylation sites (tertiary alicyclic amines) is 1. The number of carbonyl (C=O) groups is 3. The van der Waals surface area contributed by atoms with Crippen LogP contribution in [-0.2, 0) is 35.2 Å². The molecule has 2 aromatic rings. The Morgan fingerprint density at radius 1 is 1.02 bits per heavy atom. The molecule has 43 heavy (non-hydrogen) atoms. The molecule has 4 rings (SSSR count). The van der Waals surface area contributed by atoms with Crippen molar-refractivity contribution in [3.63, 3.8) is 0 Å². The monoisotopic (exact) mass is 621 g/mol. The zero-order valence-electron chi connectivity index (χ0n) is 23.5. The number of nitrogens with zero attached hydrogens (tertiary/aromatic N) is 4. The minimum absolute atomic E-state index is 0.00511. The van der Waals surface area contributed by atoms with Crippen LogP contribution in [0, 0.1) is 17.5 Å². The molecule has 3 heterocycles. The number of fused-ring (bicyclic) bond motifs is 1. The molecule has 0 saturated carbocycles. The molecule has 2 atom stereocenters. The quantitative estimate of drug-likeness (QED) is 0.382. The molecule has 0 aliphatic carbocycles. The second-order valence-electron chi connectivity index (χ2n) is 11.4. The van der Waals surface area contributed by atoms with Crippen molar-refractivity contribution in [2.75, 3.05) is 19.6 Å². The second kappa shape index (κ2) is 12.0. The lowest BCUT2D eigenvalue weighted by Gasteiger charge is -2.31. The van der Waals surface area contributed by atoms with E-state index in [1.165, 1.54) is 0 Å². The number of hydrogen-bond donors (Lipinski definition) is 1. The number of alkyl carbamates (subject to hydrolysis) is 1. The molecular formula is C27H30F7N5O4. The third kappa shape index (κ3) is 7.57. The fraction of sp³-hybridized carbons (Fsp3) is 0.556. The van der Waals surface area contributed by atoms with Crippen LogP contribution < -0.4 is 5.32 Å². The van der Waals surface area contributed by atoms with Crippen molar-refractivity contribution in [1.29, 1.82) is 0 Å². The molecule has 16 heteroatoms. The summed E-state index contributed by atoms with van der Waals surface area (Å²) >= 11 is 0. The Balaban J connectivity index is 1.58. The summed E-state index contributed by atoms with van der Waals surface area (Å²) in [5, 5.41) is 2.41. The summed E-state index contributed by atoms with van der Waals surface area (Å²) in [6.07, 6.45) is -8.17. The molecule has 9 nitrogen and oxygen atoms in total. The maximum atomic E-state index is 14.4. The molecule has 1 fully saturated rings. The van der Waals surface area contributed by atoms with E-state index in [0.717, 1.165) is 14.4 Å². The summed E-state index contributed by atoms with van der Waals surface area (Å²) in [5.41, 5.74) is -2.04. The number of halogens is 7. The number of hydrogen-bond acceptors (Lipinski definition) is 5. The van der Waals surface area contributed by atoms with Gasteiger partial charge in [0.25, 0.3) is 5.91 Å². The van der Waals surface area contributed by atoms with E-state index in [2.05, 4.69) is 10.3 Å². The van der Waals surface area contributed by atoms with Gasteiger partial charge in [0.05, 0.1) is 18.8 Å². The highest BCUT2D eigenvalue weighted by molar-refractivity contribution is 5.94. The summed E-state index contributed by atoms with van der Waals surface area (Å²) < 4.78 is 103. The maximum absolute atomic E-state index is 14.4. The van der Waals surface area contributed by atoms with E-state index in [9.17, 15) is 45.1 Å². The average molecular weight is 622 g/mol. The van der Waals surface area contributed by atoms with Crippen LogP contribution >= 0.6 is 0 Å². The SMILES string of the molecule is CC(C)(C)OC(=O)NC(CC(=O)N1CCn2c(C(F)(F)F)nc(C(=O)N3CC[C@@H](F)C3)c2C1)Cc1cc(F)c(F)cc1F. The van der Waals surface area contributed by atoms with Gasteiger partial charge in [0.15, 0.2) is 17.3 Å². The molecule has 1 unspecified atom stereocenters. The summed E-state index contributed by atoms with van der Waals surface area (Å²) in [6, 6.07) is -0.285. The molecule has 2 aliphatic rings. The summed E-state index contributed by atoms with van der Waals surface area (Å²) in [4.78, 5) is 44.6. The number of ether oxygens (including phenoxy) is 1. The molecule has 236 valence electrons. The van der Waals surface area contributed by atoms with Gasteiger partial charge in [-0.2, -0.15) is 13.2 Å². The Hall–Kier alpha value is -3.85. The van der Waals surface area contributed by atoms with Gasteiger partial charge in [-0.3, -0.25) is 9.59 Å². The Labute approximate surface area is 242 Å². The maximum Gasteiger partial charge on any atom is 0.449 e. The van der Waals surface area contributed by atoms with Crippen molar-refractivity contribution in [2.24, 2.45) is 0 Å². The van der Waals surface area contributed by atoms with Crippen LogP contribution in [0.3, 0.4) is 0 Å².